The van der Waals surface area contributed by atoms with E-state index in [0.29, 0.717) is 49.4 Å². The first-order valence-corrected chi connectivity index (χ1v) is 20.0. The van der Waals surface area contributed by atoms with E-state index in [1.165, 1.54) is 48.5 Å². The van der Waals surface area contributed by atoms with Gasteiger partial charge in [0.15, 0.2) is 22.8 Å². The van der Waals surface area contributed by atoms with Crippen molar-refractivity contribution in [3.63, 3.8) is 0 Å². The number of nitrogens with zero attached hydrogens (tertiary/aromatic N) is 3. The molecule has 6 aromatic rings. The molecule has 0 spiro atoms. The van der Waals surface area contributed by atoms with Crippen LogP contribution in [0, 0.1) is 19.7 Å². The van der Waals surface area contributed by atoms with Crippen molar-refractivity contribution in [2.45, 2.75) is 34.2 Å². The maximum Gasteiger partial charge on any atom is 1.00 e. The maximum absolute atomic E-state index is 12.5. The predicted molar refractivity (Wildman–Crippen MR) is 253 cm³/mol. The Morgan fingerprint density at radius 2 is 1.09 bits per heavy atom. The van der Waals surface area contributed by atoms with Gasteiger partial charge in [-0.2, -0.15) is 21.6 Å². The SMILES string of the molecule is C.C.Oc1ccc(Cl)cc1Br.[2H]CC.[C-]#[N+]c1cccc(-c2cc(Cl)ccc2O)c1.[C-]#[N+]c1cccc(-c2cc(Cl)ccc2OS(=O)(=O)C(F)(F)F)c1.[C-]#[N+]c1cccc(B(O)O)c1.[H-].[K+]. The number of phenols is 2. The Labute approximate surface area is 441 Å². The van der Waals surface area contributed by atoms with Crippen molar-refractivity contribution in [3.05, 3.63) is 181 Å². The van der Waals surface area contributed by atoms with Crippen molar-refractivity contribution < 1.29 is 100 Å². The van der Waals surface area contributed by atoms with Crippen LogP contribution in [0.2, 0.25) is 15.1 Å². The molecule has 0 aromatic heterocycles. The molecule has 0 fully saturated rings. The quantitative estimate of drug-likeness (QED) is 0.0584. The molecule has 0 bridgehead atoms. The second kappa shape index (κ2) is 30.2. The molecule has 4 N–H and O–H groups in total. The van der Waals surface area contributed by atoms with E-state index in [2.05, 4.69) is 34.6 Å². The molecular weight excluding hydrogens is 1010 g/mol. The molecule has 0 radical (unpaired) electrons. The fourth-order valence-electron chi connectivity index (χ4n) is 4.43. The Bertz CT molecular complexity index is 2710. The molecule has 6 aromatic carbocycles. The molecule has 0 atom stereocenters. The Morgan fingerprint density at radius 1 is 0.688 bits per heavy atom. The second-order valence-corrected chi connectivity index (χ2v) is 15.0. The fraction of sp³-hybridized carbons (Fsp3) is 0.114. The molecular formula is C44H40BBrCl3F3KN3O7S. The molecule has 0 saturated carbocycles. The van der Waals surface area contributed by atoms with Gasteiger partial charge < -0.3 is 25.9 Å². The molecule has 0 unspecified atom stereocenters. The van der Waals surface area contributed by atoms with Gasteiger partial charge in [-0.3, -0.25) is 0 Å². The molecule has 20 heteroatoms. The van der Waals surface area contributed by atoms with Crippen molar-refractivity contribution in [2.24, 2.45) is 0 Å². The van der Waals surface area contributed by atoms with Crippen molar-refractivity contribution in [1.82, 2.24) is 0 Å². The van der Waals surface area contributed by atoms with Gasteiger partial charge in [-0.25, -0.2) is 14.5 Å². The number of benzene rings is 6. The molecule has 0 saturated heterocycles. The topological polar surface area (TPSA) is 137 Å². The Morgan fingerprint density at radius 3 is 1.53 bits per heavy atom. The smallest absolute Gasteiger partial charge is 1.00 e. The summed E-state index contributed by atoms with van der Waals surface area (Å²) in [7, 11) is -7.30. The van der Waals surface area contributed by atoms with Crippen LogP contribution in [0.4, 0.5) is 30.2 Å². The average molecular weight is 1050 g/mol. The fourth-order valence-corrected chi connectivity index (χ4v) is 5.93. The maximum atomic E-state index is 12.5. The number of hydrogen-bond acceptors (Lipinski definition) is 7. The van der Waals surface area contributed by atoms with Crippen LogP contribution >= 0.6 is 50.7 Å². The summed E-state index contributed by atoms with van der Waals surface area (Å²) in [5, 5.41) is 37.4. The third-order valence-corrected chi connectivity index (χ3v) is 9.47. The van der Waals surface area contributed by atoms with E-state index in [4.69, 9.17) is 71.0 Å². The summed E-state index contributed by atoms with van der Waals surface area (Å²) in [5.74, 6) is -0.167. The normalized spacial score (nSPS) is 9.83. The van der Waals surface area contributed by atoms with Gasteiger partial charge in [-0.15, -0.1) is 0 Å². The van der Waals surface area contributed by atoms with Crippen LogP contribution in [0.3, 0.4) is 0 Å². The van der Waals surface area contributed by atoms with E-state index >= 15 is 0 Å². The Hall–Kier alpha value is -4.10. The molecule has 0 amide bonds. The molecule has 6 rings (SSSR count). The molecule has 0 aliphatic heterocycles. The third-order valence-electron chi connectivity index (χ3n) is 7.16. The van der Waals surface area contributed by atoms with Gasteiger partial charge in [-0.05, 0) is 99.2 Å². The zero-order valence-electron chi connectivity index (χ0n) is 34.3. The van der Waals surface area contributed by atoms with Crippen LogP contribution < -0.4 is 61.0 Å². The minimum atomic E-state index is -5.81. The number of aromatic hydroxyl groups is 2. The largest absolute Gasteiger partial charge is 1.00 e. The van der Waals surface area contributed by atoms with Gasteiger partial charge in [-0.1, -0.05) is 124 Å². The van der Waals surface area contributed by atoms with Crippen molar-refractivity contribution in [2.75, 3.05) is 0 Å². The van der Waals surface area contributed by atoms with Crippen LogP contribution in [0.25, 0.3) is 36.8 Å². The van der Waals surface area contributed by atoms with Crippen LogP contribution in [0.15, 0.2) is 132 Å². The minimum Gasteiger partial charge on any atom is -1.00 e. The van der Waals surface area contributed by atoms with E-state index in [0.717, 1.165) is 11.6 Å². The van der Waals surface area contributed by atoms with Crippen LogP contribution in [-0.4, -0.2) is 41.3 Å². The van der Waals surface area contributed by atoms with Gasteiger partial charge in [0.05, 0.1) is 24.2 Å². The van der Waals surface area contributed by atoms with E-state index in [9.17, 15) is 26.7 Å². The summed E-state index contributed by atoms with van der Waals surface area (Å²) in [4.78, 5) is 9.69. The van der Waals surface area contributed by atoms with E-state index < -0.39 is 28.5 Å². The Kier molecular flexibility index (Phi) is 28.2. The van der Waals surface area contributed by atoms with E-state index in [-0.39, 0.29) is 95.4 Å². The van der Waals surface area contributed by atoms with E-state index in [1.807, 2.05) is 6.07 Å². The van der Waals surface area contributed by atoms with Gasteiger partial charge >= 0.3 is 74.1 Å². The number of hydrogen-bond donors (Lipinski definition) is 4. The van der Waals surface area contributed by atoms with Gasteiger partial charge in [0.2, 0.25) is 0 Å². The first kappa shape index (κ1) is 59.9. The standard InChI is InChI=1S/C14H7ClF3NO3S.C13H8ClNO.C7H6BNO2.C6H4BrClO.C2H6.2CH4.K.H/c1-19-11-4-2-3-9(7-11)12-8-10(15)5-6-13(12)22-23(20,21)14(16,17)18;1-15-11-4-2-3-9(7-11)12-8-10(14)5-6-13(12)16;1-9-7-4-2-3-6(5-7)8(10)11;7-5-3-4(8)1-2-6(5)9;1-2;;;;/h2-8H;2-8,16H;2-5,10-11H;1-3,9H;1-2H3;2*1H4;;/q;;;;;;;+1;-1/i;;;;1D;;;;. The summed E-state index contributed by atoms with van der Waals surface area (Å²) in [5.41, 5.74) is -2.28. The van der Waals surface area contributed by atoms with Gasteiger partial charge in [0.1, 0.15) is 11.5 Å². The molecule has 0 aliphatic carbocycles. The minimum absolute atomic E-state index is 0. The summed E-state index contributed by atoms with van der Waals surface area (Å²) in [6, 6.07) is 32.3. The van der Waals surface area contributed by atoms with E-state index in [1.54, 1.807) is 73.7 Å². The molecule has 10 nitrogen and oxygen atoms in total. The zero-order valence-corrected chi connectivity index (χ0v) is 40.1. The van der Waals surface area contributed by atoms with Gasteiger partial charge in [0.25, 0.3) is 0 Å². The molecule has 64 heavy (non-hydrogen) atoms. The summed E-state index contributed by atoms with van der Waals surface area (Å²) in [6.45, 7) is 22.8. The van der Waals surface area contributed by atoms with Crippen LogP contribution in [-0.2, 0) is 10.1 Å². The van der Waals surface area contributed by atoms with Crippen LogP contribution in [0.1, 0.15) is 31.5 Å². The third kappa shape index (κ3) is 20.0. The molecule has 0 heterocycles. The number of alkyl halides is 3. The predicted octanol–water partition coefficient (Wildman–Crippen LogP) is 11.2. The summed E-state index contributed by atoms with van der Waals surface area (Å²) >= 11 is 20.4. The van der Waals surface area contributed by atoms with Crippen molar-refractivity contribution in [3.8, 4) is 39.5 Å². The molecule has 0 aliphatic rings. The first-order valence-electron chi connectivity index (χ1n) is 17.4. The van der Waals surface area contributed by atoms with Crippen LogP contribution in [0.5, 0.6) is 17.2 Å². The number of rotatable bonds is 5. The average Bonchev–Trinajstić information content (AvgIpc) is 3.24. The monoisotopic (exact) mass is 1050 g/mol. The van der Waals surface area contributed by atoms with Crippen molar-refractivity contribution in [1.29, 1.82) is 0 Å². The molecule has 332 valence electrons. The van der Waals surface area contributed by atoms with Gasteiger partial charge in [0, 0.05) is 27.6 Å². The number of halogens is 7. The Balaban J connectivity index is -0.000000811. The number of phenolic OH excluding ortho intramolecular Hbond substituents is 2. The summed E-state index contributed by atoms with van der Waals surface area (Å²) < 4.78 is 70.8. The summed E-state index contributed by atoms with van der Waals surface area (Å²) in [6.07, 6.45) is 0. The van der Waals surface area contributed by atoms with Crippen molar-refractivity contribution >= 4 is 90.5 Å². The second-order valence-electron chi connectivity index (χ2n) is 11.3. The first-order chi connectivity index (χ1) is 29.2. The zero-order chi connectivity index (χ0) is 46.6.